The van der Waals surface area contributed by atoms with Crippen molar-refractivity contribution in [2.75, 3.05) is 34.3 Å². The van der Waals surface area contributed by atoms with Crippen molar-refractivity contribution in [3.8, 4) is 5.75 Å². The van der Waals surface area contributed by atoms with Gasteiger partial charge in [0, 0.05) is 12.1 Å². The highest BCUT2D eigenvalue weighted by Crippen LogP contribution is 2.40. The average molecular weight is 465 g/mol. The Kier molecular flexibility index (Phi) is 7.51. The maximum Gasteiger partial charge on any atom is 0.295 e. The number of carbonyl (C=O) groups excluding carboxylic acids is 2. The van der Waals surface area contributed by atoms with Gasteiger partial charge in [-0.1, -0.05) is 45.0 Å². The summed E-state index contributed by atoms with van der Waals surface area (Å²) in [7, 11) is 5.53. The molecule has 1 aliphatic rings. The molecule has 2 aromatic rings. The summed E-state index contributed by atoms with van der Waals surface area (Å²) >= 11 is 0. The lowest BCUT2D eigenvalue weighted by Crippen LogP contribution is -2.32. The monoisotopic (exact) mass is 464 g/mol. The lowest BCUT2D eigenvalue weighted by atomic mass is 9.85. The molecule has 0 unspecified atom stereocenters. The third kappa shape index (κ3) is 5.17. The highest BCUT2D eigenvalue weighted by Gasteiger charge is 2.46. The number of rotatable bonds is 7. The number of aliphatic hydroxyl groups is 1. The summed E-state index contributed by atoms with van der Waals surface area (Å²) in [5.74, 6) is -0.718. The third-order valence-corrected chi connectivity index (χ3v) is 6.33. The summed E-state index contributed by atoms with van der Waals surface area (Å²) in [4.78, 5) is 30.0. The minimum Gasteiger partial charge on any atom is -0.507 e. The van der Waals surface area contributed by atoms with Gasteiger partial charge in [0.2, 0.25) is 0 Å². The second-order valence-electron chi connectivity index (χ2n) is 10.2. The minimum absolute atomic E-state index is 0.0216. The maximum absolute atomic E-state index is 13.2. The van der Waals surface area contributed by atoms with Gasteiger partial charge in [0.15, 0.2) is 0 Å². The Bertz CT molecular complexity index is 1090. The number of hydrogen-bond donors (Lipinski definition) is 1. The van der Waals surface area contributed by atoms with Gasteiger partial charge in [-0.25, -0.2) is 0 Å². The van der Waals surface area contributed by atoms with Gasteiger partial charge >= 0.3 is 0 Å². The molecule has 1 fully saturated rings. The lowest BCUT2D eigenvalue weighted by Gasteiger charge is -2.27. The van der Waals surface area contributed by atoms with Crippen molar-refractivity contribution in [1.29, 1.82) is 0 Å². The predicted octanol–water partition coefficient (Wildman–Crippen LogP) is 4.67. The number of nitrogens with zero attached hydrogens (tertiary/aromatic N) is 2. The summed E-state index contributed by atoms with van der Waals surface area (Å²) in [6.45, 7) is 9.48. The fourth-order valence-electron chi connectivity index (χ4n) is 4.35. The van der Waals surface area contributed by atoms with Crippen molar-refractivity contribution in [3.05, 3.63) is 70.3 Å². The predicted molar refractivity (Wildman–Crippen MR) is 135 cm³/mol. The first kappa shape index (κ1) is 25.5. The number of aliphatic hydroxyl groups excluding tert-OH is 1. The summed E-state index contributed by atoms with van der Waals surface area (Å²) in [5, 5.41) is 11.3. The van der Waals surface area contributed by atoms with E-state index in [0.29, 0.717) is 17.9 Å². The van der Waals surface area contributed by atoms with Gasteiger partial charge in [-0.3, -0.25) is 9.59 Å². The Morgan fingerprint density at radius 2 is 1.74 bits per heavy atom. The van der Waals surface area contributed by atoms with E-state index in [1.54, 1.807) is 30.2 Å². The molecule has 34 heavy (non-hydrogen) atoms. The Morgan fingerprint density at radius 1 is 1.09 bits per heavy atom. The molecule has 1 atom stereocenters. The molecule has 0 saturated carbocycles. The number of aryl methyl sites for hydroxylation is 1. The number of likely N-dealkylation sites (tertiary alicyclic amines) is 1. The second-order valence-corrected chi connectivity index (χ2v) is 10.2. The molecule has 1 saturated heterocycles. The number of Topliss-reactive ketones (excluding diaryl/α,β-unsaturated/α-hetero) is 1. The topological polar surface area (TPSA) is 70.1 Å². The van der Waals surface area contributed by atoms with Crippen LogP contribution in [0.25, 0.3) is 5.76 Å². The molecule has 2 aromatic carbocycles. The van der Waals surface area contributed by atoms with Crippen LogP contribution in [0.3, 0.4) is 0 Å². The van der Waals surface area contributed by atoms with Crippen LogP contribution in [0, 0.1) is 6.92 Å². The number of hydrogen-bond acceptors (Lipinski definition) is 5. The molecule has 0 aromatic heterocycles. The first-order valence-corrected chi connectivity index (χ1v) is 11.6. The van der Waals surface area contributed by atoms with Crippen LogP contribution in [0.15, 0.2) is 48.0 Å². The Morgan fingerprint density at radius 3 is 2.26 bits per heavy atom. The molecule has 1 aliphatic heterocycles. The summed E-state index contributed by atoms with van der Waals surface area (Å²) in [5.41, 5.74) is 3.36. The van der Waals surface area contributed by atoms with Gasteiger partial charge in [0.25, 0.3) is 11.7 Å². The van der Waals surface area contributed by atoms with E-state index in [1.165, 1.54) is 0 Å². The molecule has 0 bridgehead atoms. The average Bonchev–Trinajstić information content (AvgIpc) is 3.02. The van der Waals surface area contributed by atoms with Gasteiger partial charge in [-0.15, -0.1) is 0 Å². The number of amides is 1. The van der Waals surface area contributed by atoms with E-state index in [0.717, 1.165) is 29.7 Å². The van der Waals surface area contributed by atoms with Crippen LogP contribution in [-0.2, 0) is 15.0 Å². The van der Waals surface area contributed by atoms with E-state index in [1.807, 2.05) is 50.2 Å². The van der Waals surface area contributed by atoms with E-state index < -0.39 is 17.7 Å². The number of ketones is 1. The normalized spacial score (nSPS) is 18.1. The zero-order valence-electron chi connectivity index (χ0n) is 21.3. The van der Waals surface area contributed by atoms with E-state index >= 15 is 0 Å². The van der Waals surface area contributed by atoms with E-state index in [4.69, 9.17) is 4.74 Å². The number of carbonyl (C=O) groups is 2. The second kappa shape index (κ2) is 10.0. The largest absolute Gasteiger partial charge is 0.507 e. The van der Waals surface area contributed by atoms with Crippen LogP contribution < -0.4 is 4.74 Å². The van der Waals surface area contributed by atoms with Gasteiger partial charge < -0.3 is 19.6 Å². The van der Waals surface area contributed by atoms with Crippen LogP contribution in [0.4, 0.5) is 0 Å². The Hall–Kier alpha value is -3.12. The molecule has 6 heteroatoms. The van der Waals surface area contributed by atoms with Crippen molar-refractivity contribution in [2.45, 2.75) is 45.6 Å². The SMILES string of the molecule is COc1ccc(/C(O)=C2\C(=O)C(=O)N(CCCN(C)C)[C@H]2c2ccc(C(C)(C)C)cc2)c(C)c1. The molecular formula is C28H36N2O4. The maximum atomic E-state index is 13.2. The van der Waals surface area contributed by atoms with Gasteiger partial charge in [-0.2, -0.15) is 0 Å². The molecule has 3 rings (SSSR count). The van der Waals surface area contributed by atoms with E-state index in [2.05, 4.69) is 20.8 Å². The fourth-order valence-corrected chi connectivity index (χ4v) is 4.35. The van der Waals surface area contributed by atoms with Gasteiger partial charge in [0.1, 0.15) is 11.5 Å². The van der Waals surface area contributed by atoms with Crippen LogP contribution in [-0.4, -0.2) is 60.9 Å². The van der Waals surface area contributed by atoms with Gasteiger partial charge in [0.05, 0.1) is 18.7 Å². The molecule has 182 valence electrons. The minimum atomic E-state index is -0.650. The smallest absolute Gasteiger partial charge is 0.295 e. The van der Waals surface area contributed by atoms with Crippen molar-refractivity contribution < 1.29 is 19.4 Å². The van der Waals surface area contributed by atoms with Crippen LogP contribution in [0.5, 0.6) is 5.75 Å². The van der Waals surface area contributed by atoms with E-state index in [-0.39, 0.29) is 16.7 Å². The van der Waals surface area contributed by atoms with Gasteiger partial charge in [-0.05, 0) is 74.3 Å². The molecule has 6 nitrogen and oxygen atoms in total. The number of ether oxygens (including phenoxy) is 1. The molecule has 1 heterocycles. The quantitative estimate of drug-likeness (QED) is 0.366. The van der Waals surface area contributed by atoms with Crippen LogP contribution >= 0.6 is 0 Å². The number of methoxy groups -OCH3 is 1. The van der Waals surface area contributed by atoms with Crippen molar-refractivity contribution in [3.63, 3.8) is 0 Å². The zero-order valence-corrected chi connectivity index (χ0v) is 21.3. The standard InChI is InChI=1S/C28H36N2O4/c1-18-17-21(34-7)13-14-22(18)25(31)23-24(19-9-11-20(12-10-19)28(2,3)4)30(27(33)26(23)32)16-8-15-29(5)6/h9-14,17,24,31H,8,15-16H2,1-7H3/b25-23+/t24-/m0/s1. The van der Waals surface area contributed by atoms with Crippen molar-refractivity contribution in [1.82, 2.24) is 9.80 Å². The zero-order chi connectivity index (χ0) is 25.2. The molecule has 0 spiro atoms. The summed E-state index contributed by atoms with van der Waals surface area (Å²) < 4.78 is 5.27. The fraction of sp³-hybridized carbons (Fsp3) is 0.429. The molecule has 0 radical (unpaired) electrons. The lowest BCUT2D eigenvalue weighted by molar-refractivity contribution is -0.139. The Labute approximate surface area is 202 Å². The summed E-state index contributed by atoms with van der Waals surface area (Å²) in [6, 6.07) is 12.6. The van der Waals surface area contributed by atoms with Crippen molar-refractivity contribution >= 4 is 17.4 Å². The first-order chi connectivity index (χ1) is 16.0. The number of benzene rings is 2. The third-order valence-electron chi connectivity index (χ3n) is 6.33. The van der Waals surface area contributed by atoms with Crippen LogP contribution in [0.1, 0.15) is 55.5 Å². The Balaban J connectivity index is 2.13. The molecule has 0 aliphatic carbocycles. The highest BCUT2D eigenvalue weighted by atomic mass is 16.5. The molecule has 1 amide bonds. The van der Waals surface area contributed by atoms with Crippen molar-refractivity contribution in [2.24, 2.45) is 0 Å². The summed E-state index contributed by atoms with van der Waals surface area (Å²) in [6.07, 6.45) is 0.720. The molecule has 1 N–H and O–H groups in total. The molecular weight excluding hydrogens is 428 g/mol. The van der Waals surface area contributed by atoms with E-state index in [9.17, 15) is 14.7 Å². The first-order valence-electron chi connectivity index (χ1n) is 11.6. The highest BCUT2D eigenvalue weighted by molar-refractivity contribution is 6.46. The van der Waals surface area contributed by atoms with Crippen LogP contribution in [0.2, 0.25) is 0 Å².